The fourth-order valence-corrected chi connectivity index (χ4v) is 3.05. The fourth-order valence-electron chi connectivity index (χ4n) is 3.05. The molecule has 0 unspecified atom stereocenters. The molecule has 120 valence electrons. The van der Waals surface area contributed by atoms with E-state index in [2.05, 4.69) is 5.43 Å². The van der Waals surface area contributed by atoms with Crippen molar-refractivity contribution in [3.8, 4) is 0 Å². The molecular weight excluding hydrogens is 280 g/mol. The first-order valence-electron chi connectivity index (χ1n) is 7.89. The van der Waals surface area contributed by atoms with Gasteiger partial charge < -0.3 is 4.74 Å². The van der Waals surface area contributed by atoms with Gasteiger partial charge in [-0.2, -0.15) is 0 Å². The first-order chi connectivity index (χ1) is 10.7. The molecule has 3 N–H and O–H groups in total. The molecule has 0 heterocycles. The summed E-state index contributed by atoms with van der Waals surface area (Å²) in [5.74, 6) is 4.74. The Hall–Kier alpha value is -1.88. The van der Waals surface area contributed by atoms with Crippen LogP contribution in [-0.4, -0.2) is 11.9 Å². The zero-order valence-corrected chi connectivity index (χ0v) is 12.8. The van der Waals surface area contributed by atoms with Crippen LogP contribution in [0, 0.1) is 11.8 Å². The summed E-state index contributed by atoms with van der Waals surface area (Å²) in [6.07, 6.45) is 5.48. The topological polar surface area (TPSA) is 81.4 Å². The summed E-state index contributed by atoms with van der Waals surface area (Å²) in [4.78, 5) is 23.8. The predicted molar refractivity (Wildman–Crippen MR) is 83.3 cm³/mol. The van der Waals surface area contributed by atoms with Crippen LogP contribution in [0.25, 0.3) is 0 Å². The van der Waals surface area contributed by atoms with E-state index in [0.717, 1.165) is 18.4 Å². The van der Waals surface area contributed by atoms with E-state index in [-0.39, 0.29) is 24.9 Å². The number of carbonyl (C=O) groups excluding carboxylic acids is 2. The number of benzene rings is 1. The zero-order valence-electron chi connectivity index (χ0n) is 12.8. The van der Waals surface area contributed by atoms with E-state index in [1.807, 2.05) is 30.3 Å². The zero-order chi connectivity index (χ0) is 15.8. The van der Waals surface area contributed by atoms with Gasteiger partial charge in [0.2, 0.25) is 5.91 Å². The Morgan fingerprint density at radius 3 is 2.55 bits per heavy atom. The van der Waals surface area contributed by atoms with E-state index >= 15 is 0 Å². The predicted octanol–water partition coefficient (Wildman–Crippen LogP) is 2.31. The van der Waals surface area contributed by atoms with Crippen molar-refractivity contribution in [3.63, 3.8) is 0 Å². The number of hydrogen-bond acceptors (Lipinski definition) is 4. The maximum Gasteiger partial charge on any atom is 0.306 e. The van der Waals surface area contributed by atoms with Crippen molar-refractivity contribution in [2.45, 2.75) is 45.1 Å². The molecule has 1 aliphatic rings. The van der Waals surface area contributed by atoms with Crippen LogP contribution in [0.15, 0.2) is 30.3 Å². The third-order valence-electron chi connectivity index (χ3n) is 4.26. The molecule has 5 heteroatoms. The Bertz CT molecular complexity index is 484. The van der Waals surface area contributed by atoms with Crippen LogP contribution in [0.2, 0.25) is 0 Å². The summed E-state index contributed by atoms with van der Waals surface area (Å²) < 4.78 is 5.26. The Balaban J connectivity index is 1.83. The number of carbonyl (C=O) groups is 2. The van der Waals surface area contributed by atoms with Gasteiger partial charge >= 0.3 is 5.97 Å². The molecule has 0 spiro atoms. The summed E-state index contributed by atoms with van der Waals surface area (Å²) in [6, 6.07) is 9.50. The molecule has 0 aliphatic heterocycles. The highest BCUT2D eigenvalue weighted by atomic mass is 16.5. The van der Waals surface area contributed by atoms with Crippen LogP contribution in [0.3, 0.4) is 0 Å². The van der Waals surface area contributed by atoms with Gasteiger partial charge in [-0.1, -0.05) is 56.0 Å². The molecule has 2 rings (SSSR count). The van der Waals surface area contributed by atoms with Crippen molar-refractivity contribution in [2.75, 3.05) is 0 Å². The third kappa shape index (κ3) is 5.15. The third-order valence-corrected chi connectivity index (χ3v) is 4.26. The van der Waals surface area contributed by atoms with Crippen molar-refractivity contribution < 1.29 is 14.3 Å². The van der Waals surface area contributed by atoms with Gasteiger partial charge in [0.15, 0.2) is 0 Å². The first kappa shape index (κ1) is 16.5. The van der Waals surface area contributed by atoms with Gasteiger partial charge in [0, 0.05) is 5.92 Å². The summed E-state index contributed by atoms with van der Waals surface area (Å²) in [7, 11) is 0. The van der Waals surface area contributed by atoms with Crippen LogP contribution >= 0.6 is 0 Å². The van der Waals surface area contributed by atoms with Gasteiger partial charge in [-0.05, 0) is 17.9 Å². The van der Waals surface area contributed by atoms with E-state index in [1.54, 1.807) is 0 Å². The minimum Gasteiger partial charge on any atom is -0.461 e. The van der Waals surface area contributed by atoms with Gasteiger partial charge in [0.25, 0.3) is 0 Å². The number of nitrogens with two attached hydrogens (primary N) is 1. The molecule has 5 nitrogen and oxygen atoms in total. The fraction of sp³-hybridized carbons (Fsp3) is 0.529. The molecule has 1 saturated carbocycles. The quantitative estimate of drug-likeness (QED) is 0.350. The maximum absolute atomic E-state index is 12.0. The van der Waals surface area contributed by atoms with Crippen molar-refractivity contribution in [2.24, 2.45) is 17.7 Å². The minimum atomic E-state index is -0.392. The number of esters is 1. The molecule has 1 fully saturated rings. The van der Waals surface area contributed by atoms with E-state index in [4.69, 9.17) is 10.6 Å². The monoisotopic (exact) mass is 304 g/mol. The first-order valence-corrected chi connectivity index (χ1v) is 7.89. The Morgan fingerprint density at radius 1 is 1.23 bits per heavy atom. The highest BCUT2D eigenvalue weighted by molar-refractivity contribution is 5.83. The Kier molecular flexibility index (Phi) is 6.40. The highest BCUT2D eigenvalue weighted by Crippen LogP contribution is 2.31. The standard InChI is InChI=1S/C17H24N2O3/c18-19-17(21)15(10-13-6-4-5-7-13)11-16(20)22-12-14-8-2-1-3-9-14/h1-3,8-9,13,15H,4-7,10-12,18H2,(H,19,21)/t15-/m1/s1. The lowest BCUT2D eigenvalue weighted by molar-refractivity contribution is -0.148. The lowest BCUT2D eigenvalue weighted by Gasteiger charge is -2.18. The average molecular weight is 304 g/mol. The molecule has 0 radical (unpaired) electrons. The van der Waals surface area contributed by atoms with Crippen molar-refractivity contribution >= 4 is 11.9 Å². The average Bonchev–Trinajstić information content (AvgIpc) is 3.05. The molecule has 1 aromatic carbocycles. The number of amides is 1. The van der Waals surface area contributed by atoms with Crippen LogP contribution < -0.4 is 11.3 Å². The van der Waals surface area contributed by atoms with Gasteiger partial charge in [-0.3, -0.25) is 15.0 Å². The normalized spacial score (nSPS) is 16.2. The van der Waals surface area contributed by atoms with Crippen LogP contribution in [0.5, 0.6) is 0 Å². The van der Waals surface area contributed by atoms with E-state index in [0.29, 0.717) is 12.3 Å². The van der Waals surface area contributed by atoms with Crippen molar-refractivity contribution in [1.29, 1.82) is 0 Å². The molecule has 1 aliphatic carbocycles. The van der Waals surface area contributed by atoms with Gasteiger partial charge in [-0.25, -0.2) is 5.84 Å². The second-order valence-corrected chi connectivity index (χ2v) is 5.94. The Morgan fingerprint density at radius 2 is 1.91 bits per heavy atom. The summed E-state index contributed by atoms with van der Waals surface area (Å²) >= 11 is 0. The molecule has 1 atom stereocenters. The van der Waals surface area contributed by atoms with Crippen LogP contribution in [-0.2, 0) is 20.9 Å². The van der Waals surface area contributed by atoms with Gasteiger partial charge in [0.05, 0.1) is 6.42 Å². The van der Waals surface area contributed by atoms with Gasteiger partial charge in [0.1, 0.15) is 6.61 Å². The molecule has 0 aromatic heterocycles. The summed E-state index contributed by atoms with van der Waals surface area (Å²) in [5, 5.41) is 0. The molecule has 0 saturated heterocycles. The lowest BCUT2D eigenvalue weighted by Crippen LogP contribution is -2.37. The number of hydrazine groups is 1. The second-order valence-electron chi connectivity index (χ2n) is 5.94. The van der Waals surface area contributed by atoms with E-state index in [9.17, 15) is 9.59 Å². The smallest absolute Gasteiger partial charge is 0.306 e. The maximum atomic E-state index is 12.0. The minimum absolute atomic E-state index is 0.0896. The molecule has 1 aromatic rings. The number of nitrogens with one attached hydrogen (secondary N) is 1. The Labute approximate surface area is 131 Å². The SMILES string of the molecule is NNC(=O)[C@@H](CC(=O)OCc1ccccc1)CC1CCCC1. The van der Waals surface area contributed by atoms with Gasteiger partial charge in [-0.15, -0.1) is 0 Å². The van der Waals surface area contributed by atoms with E-state index < -0.39 is 5.92 Å². The molecular formula is C17H24N2O3. The largest absolute Gasteiger partial charge is 0.461 e. The number of rotatable bonds is 7. The molecule has 0 bridgehead atoms. The summed E-state index contributed by atoms with van der Waals surface area (Å²) in [6.45, 7) is 0.236. The number of ether oxygens (including phenoxy) is 1. The summed E-state index contributed by atoms with van der Waals surface area (Å²) in [5.41, 5.74) is 3.11. The van der Waals surface area contributed by atoms with E-state index in [1.165, 1.54) is 12.8 Å². The van der Waals surface area contributed by atoms with Crippen LogP contribution in [0.1, 0.15) is 44.1 Å². The van der Waals surface area contributed by atoms with Crippen molar-refractivity contribution in [3.05, 3.63) is 35.9 Å². The molecule has 1 amide bonds. The highest BCUT2D eigenvalue weighted by Gasteiger charge is 2.27. The molecule has 22 heavy (non-hydrogen) atoms. The lowest BCUT2D eigenvalue weighted by atomic mass is 9.90. The van der Waals surface area contributed by atoms with Crippen LogP contribution in [0.4, 0.5) is 0 Å². The second kappa shape index (κ2) is 8.54. The number of hydrogen-bond donors (Lipinski definition) is 2. The van der Waals surface area contributed by atoms with Crippen molar-refractivity contribution in [1.82, 2.24) is 5.43 Å².